The molecule has 0 spiro atoms. The van der Waals surface area contributed by atoms with E-state index in [1.165, 1.54) is 0 Å². The van der Waals surface area contributed by atoms with Crippen molar-refractivity contribution in [3.63, 3.8) is 0 Å². The van der Waals surface area contributed by atoms with Crippen molar-refractivity contribution in [3.05, 3.63) is 17.8 Å². The van der Waals surface area contributed by atoms with Gasteiger partial charge in [0.2, 0.25) is 5.82 Å². The van der Waals surface area contributed by atoms with Crippen molar-refractivity contribution in [2.24, 2.45) is 0 Å². The van der Waals surface area contributed by atoms with E-state index in [1.54, 1.807) is 6.07 Å². The third-order valence-electron chi connectivity index (χ3n) is 1.65. The molecule has 0 saturated carbocycles. The molecule has 8 heteroatoms. The lowest BCUT2D eigenvalue weighted by Gasteiger charge is -2.03. The van der Waals surface area contributed by atoms with Crippen molar-refractivity contribution >= 4 is 11.2 Å². The van der Waals surface area contributed by atoms with Crippen LogP contribution in [-0.2, 0) is 6.18 Å². The molecule has 76 valence electrons. The molecule has 0 aliphatic rings. The van der Waals surface area contributed by atoms with Gasteiger partial charge in [-0.25, -0.2) is 15.0 Å². The molecule has 0 unspecified atom stereocenters. The normalized spacial score (nSPS) is 11.6. The van der Waals surface area contributed by atoms with Gasteiger partial charge in [-0.05, 0) is 0 Å². The van der Waals surface area contributed by atoms with E-state index in [4.69, 9.17) is 5.26 Å². The Bertz CT molecular complexity index is 550. The molecule has 1 N–H and O–H groups in total. The van der Waals surface area contributed by atoms with Gasteiger partial charge in [0, 0.05) is 0 Å². The number of aromatic nitrogens is 4. The number of hydrogen-bond donors (Lipinski definition) is 1. The van der Waals surface area contributed by atoms with Crippen molar-refractivity contribution < 1.29 is 13.2 Å². The number of alkyl halides is 3. The molecule has 0 aromatic carbocycles. The van der Waals surface area contributed by atoms with Gasteiger partial charge < -0.3 is 4.98 Å². The van der Waals surface area contributed by atoms with E-state index in [2.05, 4.69) is 19.9 Å². The number of H-pyrrole nitrogens is 1. The summed E-state index contributed by atoms with van der Waals surface area (Å²) < 4.78 is 36.8. The Morgan fingerprint density at radius 2 is 2.07 bits per heavy atom. The summed E-state index contributed by atoms with van der Waals surface area (Å²) in [6.07, 6.45) is -3.53. The van der Waals surface area contributed by atoms with E-state index >= 15 is 0 Å². The second-order valence-corrected chi connectivity index (χ2v) is 2.61. The fraction of sp³-hybridized carbons (Fsp3) is 0.143. The summed E-state index contributed by atoms with van der Waals surface area (Å²) >= 11 is 0. The molecule has 2 aromatic rings. The van der Waals surface area contributed by atoms with Gasteiger partial charge in [0.15, 0.2) is 11.3 Å². The fourth-order valence-corrected chi connectivity index (χ4v) is 1.04. The van der Waals surface area contributed by atoms with Crippen LogP contribution >= 0.6 is 0 Å². The van der Waals surface area contributed by atoms with Gasteiger partial charge >= 0.3 is 6.18 Å². The van der Waals surface area contributed by atoms with E-state index in [9.17, 15) is 13.2 Å². The van der Waals surface area contributed by atoms with Gasteiger partial charge in [0.1, 0.15) is 11.6 Å². The predicted molar refractivity (Wildman–Crippen MR) is 41.4 cm³/mol. The maximum absolute atomic E-state index is 12.3. The van der Waals surface area contributed by atoms with E-state index in [1.807, 2.05) is 0 Å². The minimum absolute atomic E-state index is 0.102. The van der Waals surface area contributed by atoms with E-state index in [0.29, 0.717) is 0 Å². The molecule has 0 bridgehead atoms. The Balaban J connectivity index is 2.76. The highest BCUT2D eigenvalue weighted by atomic mass is 19.4. The molecule has 0 amide bonds. The van der Waals surface area contributed by atoms with Crippen LogP contribution in [0.2, 0.25) is 0 Å². The summed E-state index contributed by atoms with van der Waals surface area (Å²) in [7, 11) is 0. The van der Waals surface area contributed by atoms with Crippen LogP contribution in [0.25, 0.3) is 11.2 Å². The number of aromatic amines is 1. The third kappa shape index (κ3) is 1.48. The average molecular weight is 213 g/mol. The Labute approximate surface area is 80.6 Å². The quantitative estimate of drug-likeness (QED) is 0.714. The highest BCUT2D eigenvalue weighted by Gasteiger charge is 2.35. The van der Waals surface area contributed by atoms with Crippen LogP contribution in [0.15, 0.2) is 6.33 Å². The SMILES string of the molecule is N#Cc1nc(C(F)(F)F)nc2nc[nH]c12. The number of halogens is 3. The van der Waals surface area contributed by atoms with Crippen LogP contribution in [0, 0.1) is 11.3 Å². The van der Waals surface area contributed by atoms with E-state index < -0.39 is 12.0 Å². The van der Waals surface area contributed by atoms with E-state index in [0.717, 1.165) is 6.33 Å². The summed E-state index contributed by atoms with van der Waals surface area (Å²) in [5, 5.41) is 8.59. The second-order valence-electron chi connectivity index (χ2n) is 2.61. The zero-order valence-corrected chi connectivity index (χ0v) is 7.00. The minimum atomic E-state index is -4.68. The summed E-state index contributed by atoms with van der Waals surface area (Å²) in [5.74, 6) is -1.36. The molecule has 0 saturated heterocycles. The first kappa shape index (κ1) is 9.39. The highest BCUT2D eigenvalue weighted by molar-refractivity contribution is 5.75. The van der Waals surface area contributed by atoms with Crippen molar-refractivity contribution in [3.8, 4) is 6.07 Å². The first-order valence-corrected chi connectivity index (χ1v) is 3.71. The molecule has 2 aromatic heterocycles. The van der Waals surface area contributed by atoms with Crippen LogP contribution in [0.5, 0.6) is 0 Å². The first-order chi connectivity index (χ1) is 7.02. The lowest BCUT2D eigenvalue weighted by atomic mass is 10.3. The van der Waals surface area contributed by atoms with Crippen molar-refractivity contribution in [2.45, 2.75) is 6.18 Å². The van der Waals surface area contributed by atoms with Gasteiger partial charge in [-0.2, -0.15) is 18.4 Å². The average Bonchev–Trinajstić information content (AvgIpc) is 2.62. The summed E-state index contributed by atoms with van der Waals surface area (Å²) in [6.45, 7) is 0. The molecule has 0 fully saturated rings. The second kappa shape index (κ2) is 2.91. The van der Waals surface area contributed by atoms with Gasteiger partial charge in [-0.1, -0.05) is 0 Å². The van der Waals surface area contributed by atoms with Crippen LogP contribution in [0.4, 0.5) is 13.2 Å². The van der Waals surface area contributed by atoms with Gasteiger partial charge in [0.05, 0.1) is 6.33 Å². The van der Waals surface area contributed by atoms with Crippen LogP contribution < -0.4 is 0 Å². The summed E-state index contributed by atoms with van der Waals surface area (Å²) in [5.41, 5.74) is -0.441. The maximum Gasteiger partial charge on any atom is 0.451 e. The van der Waals surface area contributed by atoms with Gasteiger partial charge in [-0.15, -0.1) is 0 Å². The number of fused-ring (bicyclic) bond motifs is 1. The number of imidazole rings is 1. The van der Waals surface area contributed by atoms with Crippen molar-refractivity contribution in [2.75, 3.05) is 0 Å². The lowest BCUT2D eigenvalue weighted by Crippen LogP contribution is -2.12. The number of nitrogens with zero attached hydrogens (tertiary/aromatic N) is 4. The smallest absolute Gasteiger partial charge is 0.341 e. The molecule has 0 atom stereocenters. The maximum atomic E-state index is 12.3. The Morgan fingerprint density at radius 1 is 1.33 bits per heavy atom. The highest BCUT2D eigenvalue weighted by Crippen LogP contribution is 2.27. The minimum Gasteiger partial charge on any atom is -0.341 e. The zero-order chi connectivity index (χ0) is 11.1. The molecule has 0 radical (unpaired) electrons. The first-order valence-electron chi connectivity index (χ1n) is 3.71. The molecule has 2 heterocycles. The molecular weight excluding hydrogens is 211 g/mol. The summed E-state index contributed by atoms with van der Waals surface area (Å²) in [4.78, 5) is 12.3. The van der Waals surface area contributed by atoms with E-state index in [-0.39, 0.29) is 16.9 Å². The largest absolute Gasteiger partial charge is 0.451 e. The summed E-state index contributed by atoms with van der Waals surface area (Å²) in [6, 6.07) is 1.55. The number of hydrogen-bond acceptors (Lipinski definition) is 4. The van der Waals surface area contributed by atoms with Crippen LogP contribution in [0.1, 0.15) is 11.5 Å². The Morgan fingerprint density at radius 3 is 2.67 bits per heavy atom. The Hall–Kier alpha value is -2.17. The van der Waals surface area contributed by atoms with Crippen LogP contribution in [-0.4, -0.2) is 19.9 Å². The number of nitrogens with one attached hydrogen (secondary N) is 1. The lowest BCUT2D eigenvalue weighted by molar-refractivity contribution is -0.144. The monoisotopic (exact) mass is 213 g/mol. The molecule has 15 heavy (non-hydrogen) atoms. The van der Waals surface area contributed by atoms with Crippen molar-refractivity contribution in [1.82, 2.24) is 19.9 Å². The van der Waals surface area contributed by atoms with Gasteiger partial charge in [-0.3, -0.25) is 0 Å². The van der Waals surface area contributed by atoms with Gasteiger partial charge in [0.25, 0.3) is 0 Å². The van der Waals surface area contributed by atoms with Crippen LogP contribution in [0.3, 0.4) is 0 Å². The molecule has 0 aliphatic heterocycles. The topological polar surface area (TPSA) is 78.2 Å². The molecular formula is C7H2F3N5. The fourth-order valence-electron chi connectivity index (χ4n) is 1.04. The standard InChI is InChI=1S/C7H2F3N5/c8-7(9,10)6-14-3(1-11)4-5(15-6)13-2-12-4/h2H,(H,12,13,14,15). The number of nitriles is 1. The number of rotatable bonds is 0. The third-order valence-corrected chi connectivity index (χ3v) is 1.65. The molecule has 0 aliphatic carbocycles. The van der Waals surface area contributed by atoms with Crippen molar-refractivity contribution in [1.29, 1.82) is 5.26 Å². The Kier molecular flexibility index (Phi) is 1.82. The zero-order valence-electron chi connectivity index (χ0n) is 7.00. The predicted octanol–water partition coefficient (Wildman–Crippen LogP) is 1.24. The molecule has 2 rings (SSSR count). The molecule has 5 nitrogen and oxygen atoms in total.